The van der Waals surface area contributed by atoms with Crippen LogP contribution >= 0.6 is 23.2 Å². The average Bonchev–Trinajstić information content (AvgIpc) is 2.90. The molecule has 202 valence electrons. The maximum absolute atomic E-state index is 13.9. The number of hydrogen-bond donors (Lipinski definition) is 1. The van der Waals surface area contributed by atoms with Gasteiger partial charge in [-0.1, -0.05) is 53.5 Å². The Bertz CT molecular complexity index is 1390. The first kappa shape index (κ1) is 29.3. The highest BCUT2D eigenvalue weighted by molar-refractivity contribution is 7.92. The molecule has 1 N–H and O–H groups in total. The van der Waals surface area contributed by atoms with E-state index in [1.807, 2.05) is 0 Å². The van der Waals surface area contributed by atoms with Gasteiger partial charge in [-0.25, -0.2) is 8.42 Å². The maximum atomic E-state index is 13.9. The van der Waals surface area contributed by atoms with E-state index in [0.717, 1.165) is 4.31 Å². The van der Waals surface area contributed by atoms with Gasteiger partial charge in [-0.15, -0.1) is 0 Å². The molecule has 3 rings (SSSR count). The van der Waals surface area contributed by atoms with E-state index in [9.17, 15) is 18.0 Å². The molecule has 8 nitrogen and oxygen atoms in total. The standard InChI is InChI=1S/C27H29Cl2N3O5S/c1-4-30-27(34)19(2)31(17-20-9-8-10-21(28)15-20)26(33)18-32(24-16-22(29)13-14-25(24)37-3)38(35,36)23-11-6-5-7-12-23/h5-16,19H,4,17-18H2,1-3H3,(H,30,34). The van der Waals surface area contributed by atoms with Crippen molar-refractivity contribution < 1.29 is 22.7 Å². The van der Waals surface area contributed by atoms with Gasteiger partial charge >= 0.3 is 0 Å². The Morgan fingerprint density at radius 3 is 2.29 bits per heavy atom. The fourth-order valence-corrected chi connectivity index (χ4v) is 5.64. The molecule has 0 aliphatic carbocycles. The van der Waals surface area contributed by atoms with Crippen LogP contribution in [0.2, 0.25) is 10.0 Å². The lowest BCUT2D eigenvalue weighted by molar-refractivity contribution is -0.139. The number of benzene rings is 3. The highest BCUT2D eigenvalue weighted by atomic mass is 35.5. The quantitative estimate of drug-likeness (QED) is 0.354. The van der Waals surface area contributed by atoms with Crippen LogP contribution in [-0.4, -0.2) is 51.4 Å². The third kappa shape index (κ3) is 6.98. The average molecular weight is 579 g/mol. The number of methoxy groups -OCH3 is 1. The Hall–Kier alpha value is -3.27. The van der Waals surface area contributed by atoms with Gasteiger partial charge in [-0.2, -0.15) is 0 Å². The van der Waals surface area contributed by atoms with Crippen LogP contribution in [-0.2, 0) is 26.2 Å². The maximum Gasteiger partial charge on any atom is 0.264 e. The number of carbonyl (C=O) groups is 2. The molecule has 1 unspecified atom stereocenters. The molecule has 11 heteroatoms. The Kier molecular flexibility index (Phi) is 10.0. The van der Waals surface area contributed by atoms with Crippen molar-refractivity contribution >= 4 is 50.7 Å². The number of ether oxygens (including phenoxy) is 1. The summed E-state index contributed by atoms with van der Waals surface area (Å²) < 4.78 is 34.0. The molecule has 0 aliphatic rings. The van der Waals surface area contributed by atoms with Crippen LogP contribution in [0.5, 0.6) is 5.75 Å². The summed E-state index contributed by atoms with van der Waals surface area (Å²) in [5.74, 6) is -0.772. The van der Waals surface area contributed by atoms with Crippen molar-refractivity contribution in [3.8, 4) is 5.75 Å². The lowest BCUT2D eigenvalue weighted by atomic mass is 10.1. The zero-order valence-corrected chi connectivity index (χ0v) is 23.6. The van der Waals surface area contributed by atoms with Crippen molar-refractivity contribution in [3.05, 3.63) is 88.4 Å². The highest BCUT2D eigenvalue weighted by Crippen LogP contribution is 2.35. The van der Waals surface area contributed by atoms with E-state index in [-0.39, 0.29) is 33.8 Å². The van der Waals surface area contributed by atoms with E-state index in [1.54, 1.807) is 62.4 Å². The summed E-state index contributed by atoms with van der Waals surface area (Å²) >= 11 is 12.4. The topological polar surface area (TPSA) is 96.0 Å². The summed E-state index contributed by atoms with van der Waals surface area (Å²) in [5, 5.41) is 3.44. The zero-order chi connectivity index (χ0) is 27.9. The molecule has 0 aromatic heterocycles. The van der Waals surface area contributed by atoms with Gasteiger partial charge in [0.05, 0.1) is 17.7 Å². The molecule has 0 spiro atoms. The minimum Gasteiger partial charge on any atom is -0.495 e. The van der Waals surface area contributed by atoms with Crippen LogP contribution in [0, 0.1) is 0 Å². The molecule has 2 amide bonds. The normalized spacial score (nSPS) is 11.9. The number of likely N-dealkylation sites (N-methyl/N-ethyl adjacent to an activating group) is 1. The molecular formula is C27H29Cl2N3O5S. The number of hydrogen-bond acceptors (Lipinski definition) is 5. The van der Waals surface area contributed by atoms with E-state index < -0.39 is 28.5 Å². The number of nitrogens with one attached hydrogen (secondary N) is 1. The first-order valence-corrected chi connectivity index (χ1v) is 14.0. The van der Waals surface area contributed by atoms with Crippen LogP contribution in [0.15, 0.2) is 77.7 Å². The van der Waals surface area contributed by atoms with Gasteiger partial charge in [-0.05, 0) is 61.9 Å². The fourth-order valence-electron chi connectivity index (χ4n) is 3.83. The minimum atomic E-state index is -4.24. The summed E-state index contributed by atoms with van der Waals surface area (Å²) in [6.07, 6.45) is 0. The first-order valence-electron chi connectivity index (χ1n) is 11.8. The van der Waals surface area contributed by atoms with E-state index >= 15 is 0 Å². The lowest BCUT2D eigenvalue weighted by Crippen LogP contribution is -2.51. The SMILES string of the molecule is CCNC(=O)C(C)N(Cc1cccc(Cl)c1)C(=O)CN(c1cc(Cl)ccc1OC)S(=O)(=O)c1ccccc1. The number of halogens is 2. The Labute approximate surface area is 233 Å². The van der Waals surface area contributed by atoms with Crippen LogP contribution in [0.4, 0.5) is 5.69 Å². The molecule has 0 saturated carbocycles. The Balaban J connectivity index is 2.09. The highest BCUT2D eigenvalue weighted by Gasteiger charge is 2.33. The second-order valence-electron chi connectivity index (χ2n) is 8.36. The molecule has 0 radical (unpaired) electrons. The van der Waals surface area contributed by atoms with Gasteiger partial charge in [0.25, 0.3) is 10.0 Å². The molecule has 0 saturated heterocycles. The lowest BCUT2D eigenvalue weighted by Gasteiger charge is -2.32. The molecule has 1 atom stereocenters. The number of anilines is 1. The molecule has 3 aromatic rings. The first-order chi connectivity index (χ1) is 18.1. The van der Waals surface area contributed by atoms with Crippen molar-refractivity contribution in [1.82, 2.24) is 10.2 Å². The van der Waals surface area contributed by atoms with Crippen LogP contribution in [0.1, 0.15) is 19.4 Å². The summed E-state index contributed by atoms with van der Waals surface area (Å²) in [6, 6.07) is 18.2. The monoisotopic (exact) mass is 577 g/mol. The molecule has 0 heterocycles. The smallest absolute Gasteiger partial charge is 0.264 e. The molecular weight excluding hydrogens is 549 g/mol. The van der Waals surface area contributed by atoms with Crippen LogP contribution in [0.3, 0.4) is 0 Å². The third-order valence-electron chi connectivity index (χ3n) is 5.78. The van der Waals surface area contributed by atoms with Gasteiger partial charge in [0.1, 0.15) is 18.3 Å². The van der Waals surface area contributed by atoms with Gasteiger partial charge in [0.2, 0.25) is 11.8 Å². The van der Waals surface area contributed by atoms with Crippen molar-refractivity contribution in [2.24, 2.45) is 0 Å². The second-order valence-corrected chi connectivity index (χ2v) is 11.1. The predicted molar refractivity (Wildman–Crippen MR) is 149 cm³/mol. The van der Waals surface area contributed by atoms with Crippen molar-refractivity contribution in [3.63, 3.8) is 0 Å². The summed E-state index contributed by atoms with van der Waals surface area (Å²) in [4.78, 5) is 27.9. The van der Waals surface area contributed by atoms with Crippen molar-refractivity contribution in [2.75, 3.05) is 24.5 Å². The number of sulfonamides is 1. The molecule has 0 aliphatic heterocycles. The number of nitrogens with zero attached hydrogens (tertiary/aromatic N) is 2. The molecule has 3 aromatic carbocycles. The van der Waals surface area contributed by atoms with E-state index in [0.29, 0.717) is 17.1 Å². The van der Waals surface area contributed by atoms with Gasteiger partial charge in [0, 0.05) is 23.1 Å². The number of carbonyl (C=O) groups excluding carboxylic acids is 2. The van der Waals surface area contributed by atoms with E-state index in [4.69, 9.17) is 27.9 Å². The molecule has 0 fully saturated rings. The largest absolute Gasteiger partial charge is 0.495 e. The molecule has 38 heavy (non-hydrogen) atoms. The zero-order valence-electron chi connectivity index (χ0n) is 21.2. The summed E-state index contributed by atoms with van der Waals surface area (Å²) in [5.41, 5.74) is 0.769. The number of amides is 2. The number of rotatable bonds is 11. The Morgan fingerprint density at radius 1 is 0.974 bits per heavy atom. The van der Waals surface area contributed by atoms with Crippen LogP contribution in [0.25, 0.3) is 0 Å². The predicted octanol–water partition coefficient (Wildman–Crippen LogP) is 4.75. The van der Waals surface area contributed by atoms with Gasteiger partial charge in [-0.3, -0.25) is 13.9 Å². The Morgan fingerprint density at radius 2 is 1.66 bits per heavy atom. The van der Waals surface area contributed by atoms with Crippen molar-refractivity contribution in [1.29, 1.82) is 0 Å². The van der Waals surface area contributed by atoms with Crippen molar-refractivity contribution in [2.45, 2.75) is 31.3 Å². The third-order valence-corrected chi connectivity index (χ3v) is 8.02. The van der Waals surface area contributed by atoms with Gasteiger partial charge in [0.15, 0.2) is 0 Å². The minimum absolute atomic E-state index is 0.0204. The fraction of sp³-hybridized carbons (Fsp3) is 0.259. The van der Waals surface area contributed by atoms with Crippen LogP contribution < -0.4 is 14.4 Å². The van der Waals surface area contributed by atoms with E-state index in [2.05, 4.69) is 5.32 Å². The molecule has 0 bridgehead atoms. The summed E-state index contributed by atoms with van der Waals surface area (Å²) in [6.45, 7) is 3.15. The second kappa shape index (κ2) is 13.0. The van der Waals surface area contributed by atoms with Gasteiger partial charge < -0.3 is 15.0 Å². The summed E-state index contributed by atoms with van der Waals surface area (Å²) in [7, 11) is -2.85. The van der Waals surface area contributed by atoms with E-state index in [1.165, 1.54) is 36.3 Å².